The maximum Gasteiger partial charge on any atom is 0.332 e. The van der Waals surface area contributed by atoms with E-state index >= 15 is 0 Å². The second kappa shape index (κ2) is 5.92. The molecule has 0 atom stereocenters. The zero-order chi connectivity index (χ0) is 18.5. The topological polar surface area (TPSA) is 88.8 Å². The molecule has 132 valence electrons. The average Bonchev–Trinajstić information content (AvgIpc) is 2.92. The number of fused-ring (bicyclic) bond motifs is 1. The minimum absolute atomic E-state index is 0.00642. The maximum absolute atomic E-state index is 12.3. The molecular formula is C17H22N6O2. The second-order valence-corrected chi connectivity index (χ2v) is 6.76. The van der Waals surface area contributed by atoms with E-state index in [0.717, 1.165) is 22.5 Å². The third kappa shape index (κ3) is 2.47. The SMILES string of the molecule is CC(C)c1nc2c(n1C)CCN(c1c(C#N)c(=O)n(C)c(=O)n1C)C2. The Bertz CT molecular complexity index is 1000. The van der Waals surface area contributed by atoms with Gasteiger partial charge in [-0.05, 0) is 0 Å². The Morgan fingerprint density at radius 2 is 1.80 bits per heavy atom. The van der Waals surface area contributed by atoms with Crippen molar-refractivity contribution in [3.05, 3.63) is 43.6 Å². The molecule has 2 aromatic heterocycles. The molecule has 0 radical (unpaired) electrons. The van der Waals surface area contributed by atoms with Gasteiger partial charge in [0.1, 0.15) is 17.7 Å². The van der Waals surface area contributed by atoms with Crippen LogP contribution in [0.3, 0.4) is 0 Å². The molecule has 8 nitrogen and oxygen atoms in total. The molecule has 25 heavy (non-hydrogen) atoms. The molecule has 0 amide bonds. The highest BCUT2D eigenvalue weighted by atomic mass is 16.2. The van der Waals surface area contributed by atoms with E-state index in [1.165, 1.54) is 17.3 Å². The van der Waals surface area contributed by atoms with Gasteiger partial charge >= 0.3 is 5.69 Å². The molecule has 0 saturated carbocycles. The van der Waals surface area contributed by atoms with E-state index in [4.69, 9.17) is 4.98 Å². The number of anilines is 1. The van der Waals surface area contributed by atoms with Crippen molar-refractivity contribution < 1.29 is 0 Å². The number of nitriles is 1. The molecule has 3 rings (SSSR count). The van der Waals surface area contributed by atoms with Gasteiger partial charge < -0.3 is 9.47 Å². The minimum Gasteiger partial charge on any atom is -0.350 e. The Kier molecular flexibility index (Phi) is 4.03. The zero-order valence-corrected chi connectivity index (χ0v) is 15.2. The van der Waals surface area contributed by atoms with Crippen LogP contribution in [0, 0.1) is 11.3 Å². The molecule has 3 heterocycles. The molecule has 2 aromatic rings. The van der Waals surface area contributed by atoms with E-state index in [1.807, 2.05) is 18.0 Å². The number of hydrogen-bond donors (Lipinski definition) is 0. The van der Waals surface area contributed by atoms with Crippen molar-refractivity contribution in [2.24, 2.45) is 21.1 Å². The standard InChI is InChI=1S/C17H22N6O2/c1-10(2)14-19-12-9-23(7-6-13(12)20(14)3)15-11(8-18)16(24)22(5)17(25)21(15)4/h10H,6-7,9H2,1-5H3. The van der Waals surface area contributed by atoms with E-state index in [1.54, 1.807) is 7.05 Å². The quantitative estimate of drug-likeness (QED) is 0.787. The predicted octanol–water partition coefficient (Wildman–Crippen LogP) is 0.375. The molecule has 0 N–H and O–H groups in total. The van der Waals surface area contributed by atoms with E-state index in [2.05, 4.69) is 18.4 Å². The summed E-state index contributed by atoms with van der Waals surface area (Å²) in [5.74, 6) is 1.70. The third-order valence-electron chi connectivity index (χ3n) is 4.85. The lowest BCUT2D eigenvalue weighted by Crippen LogP contribution is -2.44. The van der Waals surface area contributed by atoms with Gasteiger partial charge in [-0.1, -0.05) is 13.8 Å². The average molecular weight is 342 g/mol. The van der Waals surface area contributed by atoms with Crippen LogP contribution < -0.4 is 16.1 Å². The minimum atomic E-state index is -0.560. The fourth-order valence-corrected chi connectivity index (χ4v) is 3.55. The van der Waals surface area contributed by atoms with Crippen molar-refractivity contribution in [2.45, 2.75) is 32.7 Å². The molecular weight excluding hydrogens is 320 g/mol. The van der Waals surface area contributed by atoms with Gasteiger partial charge in [0.05, 0.1) is 12.2 Å². The highest BCUT2D eigenvalue weighted by Gasteiger charge is 2.28. The van der Waals surface area contributed by atoms with Gasteiger partial charge in [0.25, 0.3) is 5.56 Å². The normalized spacial score (nSPS) is 13.9. The van der Waals surface area contributed by atoms with Crippen LogP contribution >= 0.6 is 0 Å². The Balaban J connectivity index is 2.12. The maximum atomic E-state index is 12.3. The van der Waals surface area contributed by atoms with Crippen LogP contribution in [0.1, 0.15) is 42.5 Å². The summed E-state index contributed by atoms with van der Waals surface area (Å²) in [6.45, 7) is 5.30. The second-order valence-electron chi connectivity index (χ2n) is 6.76. The summed E-state index contributed by atoms with van der Waals surface area (Å²) in [4.78, 5) is 31.2. The van der Waals surface area contributed by atoms with Gasteiger partial charge in [-0.3, -0.25) is 13.9 Å². The summed E-state index contributed by atoms with van der Waals surface area (Å²) >= 11 is 0. The van der Waals surface area contributed by atoms with Crippen molar-refractivity contribution in [1.82, 2.24) is 18.7 Å². The number of rotatable bonds is 2. The predicted molar refractivity (Wildman–Crippen MR) is 93.7 cm³/mol. The van der Waals surface area contributed by atoms with Crippen LogP contribution in [0.2, 0.25) is 0 Å². The summed E-state index contributed by atoms with van der Waals surface area (Å²) in [6, 6.07) is 1.97. The molecule has 0 aliphatic carbocycles. The zero-order valence-electron chi connectivity index (χ0n) is 15.2. The highest BCUT2D eigenvalue weighted by molar-refractivity contribution is 5.54. The number of aromatic nitrogens is 4. The van der Waals surface area contributed by atoms with Crippen LogP contribution in [-0.4, -0.2) is 25.2 Å². The van der Waals surface area contributed by atoms with E-state index in [-0.39, 0.29) is 5.56 Å². The van der Waals surface area contributed by atoms with Crippen LogP contribution in [0.25, 0.3) is 0 Å². The van der Waals surface area contributed by atoms with Gasteiger partial charge in [0.2, 0.25) is 0 Å². The summed E-state index contributed by atoms with van der Waals surface area (Å²) in [6.07, 6.45) is 0.750. The Morgan fingerprint density at radius 3 is 2.40 bits per heavy atom. The van der Waals surface area contributed by atoms with E-state index in [0.29, 0.717) is 24.8 Å². The lowest BCUT2D eigenvalue weighted by atomic mass is 10.1. The van der Waals surface area contributed by atoms with Crippen LogP contribution in [-0.2, 0) is 34.1 Å². The summed E-state index contributed by atoms with van der Waals surface area (Å²) in [5.41, 5.74) is 1.11. The fraction of sp³-hybridized carbons (Fsp3) is 0.529. The molecule has 0 spiro atoms. The molecule has 0 saturated heterocycles. The van der Waals surface area contributed by atoms with E-state index in [9.17, 15) is 14.9 Å². The van der Waals surface area contributed by atoms with Gasteiger partial charge in [0, 0.05) is 45.7 Å². The van der Waals surface area contributed by atoms with Gasteiger partial charge in [-0.15, -0.1) is 0 Å². The number of nitrogens with zero attached hydrogens (tertiary/aromatic N) is 6. The largest absolute Gasteiger partial charge is 0.350 e. The van der Waals surface area contributed by atoms with E-state index < -0.39 is 11.2 Å². The van der Waals surface area contributed by atoms with Crippen molar-refractivity contribution in [3.8, 4) is 6.07 Å². The molecule has 1 aliphatic rings. The van der Waals surface area contributed by atoms with Crippen LogP contribution in [0.5, 0.6) is 0 Å². The van der Waals surface area contributed by atoms with Crippen molar-refractivity contribution in [1.29, 1.82) is 5.26 Å². The highest BCUT2D eigenvalue weighted by Crippen LogP contribution is 2.26. The number of imidazole rings is 1. The third-order valence-corrected chi connectivity index (χ3v) is 4.85. The molecule has 0 aromatic carbocycles. The molecule has 1 aliphatic heterocycles. The first-order valence-electron chi connectivity index (χ1n) is 8.27. The summed E-state index contributed by atoms with van der Waals surface area (Å²) < 4.78 is 4.47. The van der Waals surface area contributed by atoms with Crippen molar-refractivity contribution in [2.75, 3.05) is 11.4 Å². The first kappa shape index (κ1) is 17.0. The molecule has 0 unspecified atom stereocenters. The lowest BCUT2D eigenvalue weighted by Gasteiger charge is -2.30. The Morgan fingerprint density at radius 1 is 1.12 bits per heavy atom. The summed E-state index contributed by atoms with van der Waals surface area (Å²) in [5, 5.41) is 9.46. The Hall–Kier alpha value is -2.82. The number of hydrogen-bond acceptors (Lipinski definition) is 5. The van der Waals surface area contributed by atoms with Gasteiger partial charge in [-0.2, -0.15) is 5.26 Å². The monoisotopic (exact) mass is 342 g/mol. The lowest BCUT2D eigenvalue weighted by molar-refractivity contribution is 0.620. The smallest absolute Gasteiger partial charge is 0.332 e. The van der Waals surface area contributed by atoms with Crippen LogP contribution in [0.4, 0.5) is 5.82 Å². The van der Waals surface area contributed by atoms with Crippen LogP contribution in [0.15, 0.2) is 9.59 Å². The van der Waals surface area contributed by atoms with Gasteiger partial charge in [-0.25, -0.2) is 9.78 Å². The fourth-order valence-electron chi connectivity index (χ4n) is 3.55. The molecule has 0 bridgehead atoms. The molecule has 0 fully saturated rings. The van der Waals surface area contributed by atoms with Crippen molar-refractivity contribution >= 4 is 5.82 Å². The molecule has 8 heteroatoms. The van der Waals surface area contributed by atoms with Gasteiger partial charge in [0.15, 0.2) is 5.56 Å². The summed E-state index contributed by atoms with van der Waals surface area (Å²) in [7, 11) is 4.99. The van der Waals surface area contributed by atoms with Crippen molar-refractivity contribution in [3.63, 3.8) is 0 Å². The Labute approximate surface area is 145 Å². The first-order chi connectivity index (χ1) is 11.8. The first-order valence-corrected chi connectivity index (χ1v) is 8.27.